The van der Waals surface area contributed by atoms with Crippen LogP contribution in [-0.2, 0) is 0 Å². The third-order valence-corrected chi connectivity index (χ3v) is 11.1. The van der Waals surface area contributed by atoms with Crippen molar-refractivity contribution in [3.8, 4) is 39.9 Å². The van der Waals surface area contributed by atoms with Gasteiger partial charge in [-0.05, 0) is 80.8 Å². The smallest absolute Gasteiger partial charge is 0.166 e. The van der Waals surface area contributed by atoms with Crippen LogP contribution in [0.1, 0.15) is 0 Å². The number of rotatable bonds is 4. The lowest BCUT2D eigenvalue weighted by Gasteiger charge is -2.15. The molecule has 0 radical (unpaired) electrons. The standard InChI is InChI=1S/C50H29N5O/c1-3-11-35-30(9-1)17-18-32-27-33(19-22-36(32)35)48-52-49(34-20-23-38-41-29-51-26-25-45(41)56-46(38)28-34)54-50(53-48)40-14-6-8-16-43(40)55-42-15-7-5-13-39(42)47-37-12-4-2-10-31(37)21-24-44(47)55/h1-29H. The molecule has 4 heterocycles. The van der Waals surface area contributed by atoms with Gasteiger partial charge in [0.25, 0.3) is 0 Å². The third-order valence-electron chi connectivity index (χ3n) is 11.1. The van der Waals surface area contributed by atoms with Crippen LogP contribution in [0.2, 0.25) is 0 Å². The number of hydrogen-bond donors (Lipinski definition) is 0. The zero-order chi connectivity index (χ0) is 36.7. The number of benzene rings is 8. The lowest BCUT2D eigenvalue weighted by atomic mass is 10.00. The molecule has 12 rings (SSSR count). The van der Waals surface area contributed by atoms with Crippen molar-refractivity contribution in [3.05, 3.63) is 176 Å². The predicted octanol–water partition coefficient (Wildman–Crippen LogP) is 12.7. The van der Waals surface area contributed by atoms with Gasteiger partial charge in [-0.15, -0.1) is 0 Å². The van der Waals surface area contributed by atoms with Gasteiger partial charge in [0.15, 0.2) is 17.5 Å². The first-order chi connectivity index (χ1) is 27.7. The van der Waals surface area contributed by atoms with Gasteiger partial charge in [-0.1, -0.05) is 115 Å². The first-order valence-electron chi connectivity index (χ1n) is 18.7. The maximum absolute atomic E-state index is 6.29. The highest BCUT2D eigenvalue weighted by Crippen LogP contribution is 2.40. The quantitative estimate of drug-likeness (QED) is 0.170. The van der Waals surface area contributed by atoms with Crippen molar-refractivity contribution in [1.82, 2.24) is 24.5 Å². The predicted molar refractivity (Wildman–Crippen MR) is 228 cm³/mol. The molecule has 260 valence electrons. The third kappa shape index (κ3) is 4.63. The minimum absolute atomic E-state index is 0.562. The number of nitrogens with zero attached hydrogens (tertiary/aromatic N) is 5. The van der Waals surface area contributed by atoms with Crippen molar-refractivity contribution in [3.63, 3.8) is 0 Å². The Balaban J connectivity index is 1.11. The highest BCUT2D eigenvalue weighted by molar-refractivity contribution is 6.21. The van der Waals surface area contributed by atoms with Gasteiger partial charge in [0.2, 0.25) is 0 Å². The minimum Gasteiger partial charge on any atom is -0.456 e. The van der Waals surface area contributed by atoms with E-state index in [0.717, 1.165) is 60.7 Å². The topological polar surface area (TPSA) is 69.6 Å². The van der Waals surface area contributed by atoms with Crippen LogP contribution in [0.25, 0.3) is 116 Å². The molecule has 0 aliphatic carbocycles. The second-order valence-electron chi connectivity index (χ2n) is 14.3. The molecular weight excluding hydrogens is 687 g/mol. The summed E-state index contributed by atoms with van der Waals surface area (Å²) in [6, 6.07) is 57.5. The Morgan fingerprint density at radius 2 is 1.05 bits per heavy atom. The molecule has 0 aliphatic heterocycles. The number of pyridine rings is 1. The van der Waals surface area contributed by atoms with Crippen LogP contribution in [0.4, 0.5) is 0 Å². The van der Waals surface area contributed by atoms with Gasteiger partial charge >= 0.3 is 0 Å². The number of para-hydroxylation sites is 2. The van der Waals surface area contributed by atoms with E-state index >= 15 is 0 Å². The maximum Gasteiger partial charge on any atom is 0.166 e. The second-order valence-corrected chi connectivity index (χ2v) is 14.3. The van der Waals surface area contributed by atoms with Gasteiger partial charge in [-0.2, -0.15) is 0 Å². The zero-order valence-electron chi connectivity index (χ0n) is 29.9. The van der Waals surface area contributed by atoms with E-state index in [4.69, 9.17) is 19.4 Å². The number of fused-ring (bicyclic) bond motifs is 11. The fraction of sp³-hybridized carbons (Fsp3) is 0. The molecule has 0 saturated carbocycles. The van der Waals surface area contributed by atoms with E-state index in [1.165, 1.54) is 37.7 Å². The summed E-state index contributed by atoms with van der Waals surface area (Å²) >= 11 is 0. The molecule has 0 fully saturated rings. The highest BCUT2D eigenvalue weighted by atomic mass is 16.3. The van der Waals surface area contributed by atoms with Gasteiger partial charge in [0.05, 0.1) is 16.7 Å². The van der Waals surface area contributed by atoms with E-state index in [0.29, 0.717) is 17.5 Å². The van der Waals surface area contributed by atoms with E-state index in [-0.39, 0.29) is 0 Å². The molecule has 0 atom stereocenters. The van der Waals surface area contributed by atoms with Crippen molar-refractivity contribution < 1.29 is 4.42 Å². The van der Waals surface area contributed by atoms with Crippen molar-refractivity contribution in [2.45, 2.75) is 0 Å². The molecule has 0 N–H and O–H groups in total. The molecule has 6 heteroatoms. The molecule has 0 unspecified atom stereocenters. The Kier molecular flexibility index (Phi) is 6.53. The first-order valence-corrected chi connectivity index (χ1v) is 18.7. The van der Waals surface area contributed by atoms with Crippen molar-refractivity contribution in [1.29, 1.82) is 0 Å². The number of aromatic nitrogens is 5. The van der Waals surface area contributed by atoms with E-state index in [1.807, 2.05) is 18.3 Å². The lowest BCUT2D eigenvalue weighted by Crippen LogP contribution is -2.03. The van der Waals surface area contributed by atoms with Crippen LogP contribution in [0, 0.1) is 0 Å². The van der Waals surface area contributed by atoms with Crippen molar-refractivity contribution in [2.75, 3.05) is 0 Å². The Morgan fingerprint density at radius 1 is 0.411 bits per heavy atom. The summed E-state index contributed by atoms with van der Waals surface area (Å²) in [5.41, 5.74) is 7.42. The van der Waals surface area contributed by atoms with Crippen LogP contribution in [0.5, 0.6) is 0 Å². The minimum atomic E-state index is 0.562. The summed E-state index contributed by atoms with van der Waals surface area (Å²) in [5.74, 6) is 1.74. The summed E-state index contributed by atoms with van der Waals surface area (Å²) in [6.07, 6.45) is 3.59. The molecule has 0 amide bonds. The van der Waals surface area contributed by atoms with Crippen LogP contribution >= 0.6 is 0 Å². The largest absolute Gasteiger partial charge is 0.456 e. The Labute approximate surface area is 320 Å². The van der Waals surface area contributed by atoms with Crippen molar-refractivity contribution >= 4 is 76.1 Å². The molecule has 4 aromatic heterocycles. The average molecular weight is 716 g/mol. The first kappa shape index (κ1) is 30.7. The fourth-order valence-corrected chi connectivity index (χ4v) is 8.52. The monoisotopic (exact) mass is 715 g/mol. The van der Waals surface area contributed by atoms with Gasteiger partial charge in [-0.3, -0.25) is 4.98 Å². The van der Waals surface area contributed by atoms with Crippen molar-refractivity contribution in [2.24, 2.45) is 0 Å². The van der Waals surface area contributed by atoms with E-state index < -0.39 is 0 Å². The molecule has 56 heavy (non-hydrogen) atoms. The summed E-state index contributed by atoms with van der Waals surface area (Å²) in [5, 5.41) is 11.6. The molecule has 6 nitrogen and oxygen atoms in total. The summed E-state index contributed by atoms with van der Waals surface area (Å²) in [6.45, 7) is 0. The summed E-state index contributed by atoms with van der Waals surface area (Å²) in [4.78, 5) is 20.0. The fourth-order valence-electron chi connectivity index (χ4n) is 8.52. The molecule has 12 aromatic rings. The Hall–Kier alpha value is -7.70. The van der Waals surface area contributed by atoms with E-state index in [1.54, 1.807) is 6.20 Å². The summed E-state index contributed by atoms with van der Waals surface area (Å²) < 4.78 is 8.65. The van der Waals surface area contributed by atoms with Crippen LogP contribution in [-0.4, -0.2) is 24.5 Å². The van der Waals surface area contributed by atoms with E-state index in [9.17, 15) is 0 Å². The van der Waals surface area contributed by atoms with Crippen LogP contribution in [0.3, 0.4) is 0 Å². The Bertz CT molecular complexity index is 3560. The zero-order valence-corrected chi connectivity index (χ0v) is 29.9. The second kappa shape index (κ2) is 11.9. The van der Waals surface area contributed by atoms with E-state index in [2.05, 4.69) is 161 Å². The molecule has 0 aliphatic rings. The maximum atomic E-state index is 6.29. The summed E-state index contributed by atoms with van der Waals surface area (Å²) in [7, 11) is 0. The lowest BCUT2D eigenvalue weighted by molar-refractivity contribution is 0.668. The van der Waals surface area contributed by atoms with Gasteiger partial charge < -0.3 is 8.98 Å². The normalized spacial score (nSPS) is 11.9. The van der Waals surface area contributed by atoms with Gasteiger partial charge in [0, 0.05) is 50.6 Å². The SMILES string of the molecule is c1ccc(-n2c3ccccc3c3c4ccccc4ccc32)c(-c2nc(-c3ccc4c(ccc5ccccc54)c3)nc(-c3ccc4c(c3)oc3ccncc34)n2)c1. The molecular formula is C50H29N5O. The Morgan fingerprint density at radius 3 is 1.93 bits per heavy atom. The van der Waals surface area contributed by atoms with Gasteiger partial charge in [-0.25, -0.2) is 15.0 Å². The van der Waals surface area contributed by atoms with Crippen LogP contribution in [0.15, 0.2) is 181 Å². The molecule has 8 aromatic carbocycles. The number of furan rings is 1. The number of hydrogen-bond acceptors (Lipinski definition) is 5. The van der Waals surface area contributed by atoms with Crippen LogP contribution < -0.4 is 0 Å². The average Bonchev–Trinajstić information content (AvgIpc) is 3.81. The highest BCUT2D eigenvalue weighted by Gasteiger charge is 2.21. The molecule has 0 bridgehead atoms. The molecule has 0 saturated heterocycles. The van der Waals surface area contributed by atoms with Gasteiger partial charge in [0.1, 0.15) is 11.2 Å². The molecule has 0 spiro atoms.